The Labute approximate surface area is 185 Å². The second-order valence-electron chi connectivity index (χ2n) is 7.01. The highest BCUT2D eigenvalue weighted by atomic mass is 16.5. The molecule has 8 nitrogen and oxygen atoms in total. The standard InChI is InChI=1S/C24H24O8/c1-26-17-7-12(8-18(27-2)22(17)30-5)20-13-10-19(28-3)23(31-6)21(29-4)14(13)9-15-16(20)11-32-24(15)25/h7-10H,11H2,1-6H3. The van der Waals surface area contributed by atoms with E-state index in [4.69, 9.17) is 33.2 Å². The Hall–Kier alpha value is -3.81. The van der Waals surface area contributed by atoms with Crippen molar-refractivity contribution in [2.45, 2.75) is 6.61 Å². The van der Waals surface area contributed by atoms with Crippen LogP contribution in [0, 0.1) is 0 Å². The summed E-state index contributed by atoms with van der Waals surface area (Å²) in [4.78, 5) is 12.5. The van der Waals surface area contributed by atoms with Crippen LogP contribution in [0.25, 0.3) is 21.9 Å². The van der Waals surface area contributed by atoms with Gasteiger partial charge in [0.15, 0.2) is 23.0 Å². The Morgan fingerprint density at radius 3 is 1.75 bits per heavy atom. The van der Waals surface area contributed by atoms with Gasteiger partial charge in [-0.05, 0) is 40.8 Å². The molecule has 0 N–H and O–H groups in total. The van der Waals surface area contributed by atoms with Gasteiger partial charge in [-0.3, -0.25) is 0 Å². The first-order valence-electron chi connectivity index (χ1n) is 9.78. The smallest absolute Gasteiger partial charge is 0.338 e. The first-order chi connectivity index (χ1) is 15.5. The van der Waals surface area contributed by atoms with Crippen LogP contribution in [0.3, 0.4) is 0 Å². The molecule has 0 spiro atoms. The number of cyclic esters (lactones) is 1. The van der Waals surface area contributed by atoms with Crippen LogP contribution in [0.5, 0.6) is 34.5 Å². The van der Waals surface area contributed by atoms with E-state index in [1.165, 1.54) is 7.11 Å². The molecule has 0 radical (unpaired) electrons. The largest absolute Gasteiger partial charge is 0.493 e. The second-order valence-corrected chi connectivity index (χ2v) is 7.01. The lowest BCUT2D eigenvalue weighted by Crippen LogP contribution is -2.01. The van der Waals surface area contributed by atoms with Gasteiger partial charge in [-0.25, -0.2) is 4.79 Å². The molecular weight excluding hydrogens is 416 g/mol. The summed E-state index contributed by atoms with van der Waals surface area (Å²) in [6.07, 6.45) is 0. The van der Waals surface area contributed by atoms with Gasteiger partial charge in [0, 0.05) is 10.9 Å². The van der Waals surface area contributed by atoms with Gasteiger partial charge in [-0.2, -0.15) is 0 Å². The van der Waals surface area contributed by atoms with Gasteiger partial charge >= 0.3 is 5.97 Å². The Morgan fingerprint density at radius 2 is 1.22 bits per heavy atom. The fourth-order valence-electron chi connectivity index (χ4n) is 4.16. The lowest BCUT2D eigenvalue weighted by Gasteiger charge is -2.20. The van der Waals surface area contributed by atoms with Crippen molar-refractivity contribution >= 4 is 16.7 Å². The number of benzene rings is 3. The van der Waals surface area contributed by atoms with Crippen LogP contribution in [0.1, 0.15) is 15.9 Å². The molecule has 0 unspecified atom stereocenters. The van der Waals surface area contributed by atoms with E-state index in [1.54, 1.807) is 41.6 Å². The van der Waals surface area contributed by atoms with Crippen LogP contribution in [0.4, 0.5) is 0 Å². The predicted octanol–water partition coefficient (Wildman–Crippen LogP) is 4.23. The first kappa shape index (κ1) is 21.4. The van der Waals surface area contributed by atoms with Crippen LogP contribution in [-0.2, 0) is 11.3 Å². The quantitative estimate of drug-likeness (QED) is 0.505. The van der Waals surface area contributed by atoms with E-state index in [-0.39, 0.29) is 6.61 Å². The number of rotatable bonds is 7. The zero-order chi connectivity index (χ0) is 23.0. The molecule has 168 valence electrons. The number of fused-ring (bicyclic) bond motifs is 2. The van der Waals surface area contributed by atoms with Crippen LogP contribution in [0.2, 0.25) is 0 Å². The fourth-order valence-corrected chi connectivity index (χ4v) is 4.16. The van der Waals surface area contributed by atoms with Crippen molar-refractivity contribution in [1.29, 1.82) is 0 Å². The van der Waals surface area contributed by atoms with Crippen LogP contribution >= 0.6 is 0 Å². The van der Waals surface area contributed by atoms with Gasteiger partial charge in [-0.15, -0.1) is 0 Å². The SMILES string of the molecule is COc1cc(-c2c3c(cc4c(OC)c(OC)c(OC)cc24)C(=O)OC3)cc(OC)c1OC. The summed E-state index contributed by atoms with van der Waals surface area (Å²) in [6, 6.07) is 7.30. The van der Waals surface area contributed by atoms with Gasteiger partial charge in [0.1, 0.15) is 6.61 Å². The number of methoxy groups -OCH3 is 6. The highest BCUT2D eigenvalue weighted by molar-refractivity contribution is 6.10. The monoisotopic (exact) mass is 440 g/mol. The molecule has 4 rings (SSSR count). The number of ether oxygens (including phenoxy) is 7. The van der Waals surface area contributed by atoms with Crippen molar-refractivity contribution in [2.75, 3.05) is 42.7 Å². The molecule has 32 heavy (non-hydrogen) atoms. The van der Waals surface area contributed by atoms with E-state index in [9.17, 15) is 4.79 Å². The van der Waals surface area contributed by atoms with Crippen LogP contribution in [0.15, 0.2) is 24.3 Å². The van der Waals surface area contributed by atoms with Gasteiger partial charge in [0.25, 0.3) is 0 Å². The second kappa shape index (κ2) is 8.37. The lowest BCUT2D eigenvalue weighted by molar-refractivity contribution is 0.0535. The van der Waals surface area contributed by atoms with E-state index in [0.717, 1.165) is 22.1 Å². The Kier molecular flexibility index (Phi) is 5.61. The minimum absolute atomic E-state index is 0.146. The number of esters is 1. The van der Waals surface area contributed by atoms with Gasteiger partial charge < -0.3 is 33.2 Å². The van der Waals surface area contributed by atoms with E-state index in [1.807, 2.05) is 18.2 Å². The number of hydrogen-bond acceptors (Lipinski definition) is 8. The van der Waals surface area contributed by atoms with E-state index in [0.29, 0.717) is 45.4 Å². The summed E-state index contributed by atoms with van der Waals surface area (Å²) < 4.78 is 38.7. The summed E-state index contributed by atoms with van der Waals surface area (Å²) in [6.45, 7) is 0.146. The zero-order valence-corrected chi connectivity index (χ0v) is 18.8. The minimum atomic E-state index is -0.396. The molecule has 1 aliphatic rings. The minimum Gasteiger partial charge on any atom is -0.493 e. The molecule has 0 fully saturated rings. The number of carbonyl (C=O) groups excluding carboxylic acids is 1. The normalized spacial score (nSPS) is 12.2. The van der Waals surface area contributed by atoms with E-state index in [2.05, 4.69) is 0 Å². The van der Waals surface area contributed by atoms with E-state index < -0.39 is 5.97 Å². The Bertz CT molecular complexity index is 1190. The summed E-state index contributed by atoms with van der Waals surface area (Å²) >= 11 is 0. The highest BCUT2D eigenvalue weighted by Gasteiger charge is 2.30. The molecule has 3 aromatic rings. The summed E-state index contributed by atoms with van der Waals surface area (Å²) in [7, 11) is 9.29. The molecule has 8 heteroatoms. The van der Waals surface area contributed by atoms with Gasteiger partial charge in [-0.1, -0.05) is 0 Å². The van der Waals surface area contributed by atoms with Crippen LogP contribution in [-0.4, -0.2) is 48.6 Å². The summed E-state index contributed by atoms with van der Waals surface area (Å²) in [5.74, 6) is 2.45. The molecule has 0 saturated heterocycles. The number of carbonyl (C=O) groups is 1. The molecule has 1 aliphatic heterocycles. The molecule has 0 bridgehead atoms. The van der Waals surface area contributed by atoms with Crippen LogP contribution < -0.4 is 28.4 Å². The van der Waals surface area contributed by atoms with Crippen molar-refractivity contribution in [2.24, 2.45) is 0 Å². The maximum absolute atomic E-state index is 12.5. The average Bonchev–Trinajstić information content (AvgIpc) is 3.20. The molecule has 0 aromatic heterocycles. The third-order valence-electron chi connectivity index (χ3n) is 5.57. The van der Waals surface area contributed by atoms with Crippen molar-refractivity contribution in [3.05, 3.63) is 35.4 Å². The molecule has 0 atom stereocenters. The molecule has 1 heterocycles. The third kappa shape index (κ3) is 3.10. The Morgan fingerprint density at radius 1 is 0.656 bits per heavy atom. The molecule has 0 aliphatic carbocycles. The Balaban J connectivity index is 2.17. The van der Waals surface area contributed by atoms with Crippen molar-refractivity contribution < 1.29 is 38.0 Å². The first-order valence-corrected chi connectivity index (χ1v) is 9.78. The molecule has 0 saturated carbocycles. The summed E-state index contributed by atoms with van der Waals surface area (Å²) in [5.41, 5.74) is 2.76. The lowest BCUT2D eigenvalue weighted by atomic mass is 9.89. The van der Waals surface area contributed by atoms with Crippen molar-refractivity contribution in [1.82, 2.24) is 0 Å². The molecule has 3 aromatic carbocycles. The van der Waals surface area contributed by atoms with Crippen molar-refractivity contribution in [3.8, 4) is 45.6 Å². The molecular formula is C24H24O8. The zero-order valence-electron chi connectivity index (χ0n) is 18.8. The van der Waals surface area contributed by atoms with Gasteiger partial charge in [0.05, 0.1) is 48.2 Å². The fraction of sp³-hybridized carbons (Fsp3) is 0.292. The average molecular weight is 440 g/mol. The van der Waals surface area contributed by atoms with Crippen molar-refractivity contribution in [3.63, 3.8) is 0 Å². The highest BCUT2D eigenvalue weighted by Crippen LogP contribution is 2.50. The molecule has 0 amide bonds. The van der Waals surface area contributed by atoms with Gasteiger partial charge in [0.2, 0.25) is 11.5 Å². The topological polar surface area (TPSA) is 81.7 Å². The summed E-state index contributed by atoms with van der Waals surface area (Å²) in [5, 5.41) is 1.48. The van der Waals surface area contributed by atoms with E-state index >= 15 is 0 Å². The predicted molar refractivity (Wildman–Crippen MR) is 118 cm³/mol. The number of hydrogen-bond donors (Lipinski definition) is 0. The maximum atomic E-state index is 12.5. The third-order valence-corrected chi connectivity index (χ3v) is 5.57. The maximum Gasteiger partial charge on any atom is 0.338 e.